The number of rotatable bonds is 5. The summed E-state index contributed by atoms with van der Waals surface area (Å²) in [5, 5.41) is 6.79. The quantitative estimate of drug-likeness (QED) is 0.634. The first-order valence-corrected chi connectivity index (χ1v) is 8.90. The molecule has 0 amide bonds. The normalized spacial score (nSPS) is 18.2. The Labute approximate surface area is 138 Å². The van der Waals surface area contributed by atoms with Crippen LogP contribution >= 0.6 is 11.3 Å². The van der Waals surface area contributed by atoms with E-state index >= 15 is 0 Å². The largest absolute Gasteiger partial charge is 0.355 e. The van der Waals surface area contributed by atoms with Crippen molar-refractivity contribution in [1.29, 1.82) is 0 Å². The summed E-state index contributed by atoms with van der Waals surface area (Å²) in [4.78, 5) is 11.9. The summed E-state index contributed by atoms with van der Waals surface area (Å²) in [5.41, 5.74) is 0. The second-order valence-electron chi connectivity index (χ2n) is 5.86. The number of likely N-dealkylation sites (N-methyl/N-ethyl adjacent to an activating group) is 1. The number of aryl methyl sites for hydroxylation is 1. The third kappa shape index (κ3) is 5.94. The van der Waals surface area contributed by atoms with Gasteiger partial charge in [0.25, 0.3) is 0 Å². The van der Waals surface area contributed by atoms with E-state index in [1.807, 2.05) is 18.4 Å². The van der Waals surface area contributed by atoms with E-state index < -0.39 is 0 Å². The van der Waals surface area contributed by atoms with Gasteiger partial charge in [0.15, 0.2) is 5.96 Å². The lowest BCUT2D eigenvalue weighted by Crippen LogP contribution is -2.41. The zero-order valence-electron chi connectivity index (χ0n) is 14.1. The monoisotopic (exact) mass is 323 g/mol. The summed E-state index contributed by atoms with van der Waals surface area (Å²) in [6.07, 6.45) is 1.27. The maximum atomic E-state index is 4.30. The van der Waals surface area contributed by atoms with Crippen LogP contribution in [0.4, 0.5) is 0 Å². The molecule has 1 saturated heterocycles. The number of nitrogens with zero attached hydrogens (tertiary/aromatic N) is 3. The molecule has 2 heterocycles. The van der Waals surface area contributed by atoms with Gasteiger partial charge in [-0.3, -0.25) is 4.99 Å². The SMILES string of the molecule is CN=C(NCCN1CCCN(C)CC1)NCc1ccc(C)s1. The van der Waals surface area contributed by atoms with Crippen molar-refractivity contribution in [3.8, 4) is 0 Å². The zero-order valence-corrected chi connectivity index (χ0v) is 14.9. The topological polar surface area (TPSA) is 42.9 Å². The van der Waals surface area contributed by atoms with Gasteiger partial charge in [-0.25, -0.2) is 0 Å². The number of aliphatic imine (C=N–C) groups is 1. The second kappa shape index (κ2) is 9.12. The third-order valence-electron chi connectivity index (χ3n) is 3.98. The molecular weight excluding hydrogens is 294 g/mol. The van der Waals surface area contributed by atoms with E-state index in [-0.39, 0.29) is 0 Å². The molecule has 1 fully saturated rings. The molecule has 2 N–H and O–H groups in total. The lowest BCUT2D eigenvalue weighted by atomic mass is 10.4. The Kier molecular flexibility index (Phi) is 7.15. The first-order valence-electron chi connectivity index (χ1n) is 8.08. The predicted octanol–water partition coefficient (Wildman–Crippen LogP) is 1.36. The van der Waals surface area contributed by atoms with Gasteiger partial charge in [0, 0.05) is 43.0 Å². The highest BCUT2D eigenvalue weighted by molar-refractivity contribution is 7.11. The molecule has 0 aliphatic carbocycles. The molecule has 1 aromatic rings. The second-order valence-corrected chi connectivity index (χ2v) is 7.24. The summed E-state index contributed by atoms with van der Waals surface area (Å²) in [5.74, 6) is 0.887. The molecule has 1 aliphatic heterocycles. The van der Waals surface area contributed by atoms with Crippen molar-refractivity contribution in [3.63, 3.8) is 0 Å². The Balaban J connectivity index is 1.65. The first kappa shape index (κ1) is 17.2. The molecule has 0 spiro atoms. The van der Waals surface area contributed by atoms with Gasteiger partial charge >= 0.3 is 0 Å². The fourth-order valence-electron chi connectivity index (χ4n) is 2.63. The Hall–Kier alpha value is -1.11. The van der Waals surface area contributed by atoms with Crippen LogP contribution in [0, 0.1) is 6.92 Å². The molecule has 0 bridgehead atoms. The molecule has 0 radical (unpaired) electrons. The minimum absolute atomic E-state index is 0.840. The Bertz CT molecular complexity index is 471. The van der Waals surface area contributed by atoms with Gasteiger partial charge in [0.05, 0.1) is 6.54 Å². The van der Waals surface area contributed by atoms with Crippen LogP contribution < -0.4 is 10.6 Å². The van der Waals surface area contributed by atoms with Crippen LogP contribution in [0.2, 0.25) is 0 Å². The average Bonchev–Trinajstić information content (AvgIpc) is 2.81. The van der Waals surface area contributed by atoms with Gasteiger partial charge in [-0.2, -0.15) is 0 Å². The molecule has 5 nitrogen and oxygen atoms in total. The van der Waals surface area contributed by atoms with Gasteiger partial charge in [-0.05, 0) is 45.6 Å². The van der Waals surface area contributed by atoms with E-state index in [1.165, 1.54) is 42.4 Å². The van der Waals surface area contributed by atoms with E-state index in [0.29, 0.717) is 0 Å². The summed E-state index contributed by atoms with van der Waals surface area (Å²) >= 11 is 1.83. The molecule has 1 aromatic heterocycles. The summed E-state index contributed by atoms with van der Waals surface area (Å²) in [6.45, 7) is 9.75. The molecule has 0 unspecified atom stereocenters. The van der Waals surface area contributed by atoms with Crippen LogP contribution in [0.25, 0.3) is 0 Å². The molecule has 124 valence electrons. The minimum atomic E-state index is 0.840. The molecule has 22 heavy (non-hydrogen) atoms. The number of guanidine groups is 1. The van der Waals surface area contributed by atoms with Crippen molar-refractivity contribution in [2.24, 2.45) is 4.99 Å². The van der Waals surface area contributed by atoms with Crippen molar-refractivity contribution in [2.75, 3.05) is 53.4 Å². The maximum Gasteiger partial charge on any atom is 0.191 e. The van der Waals surface area contributed by atoms with Crippen LogP contribution in [-0.2, 0) is 6.54 Å². The number of nitrogens with one attached hydrogen (secondary N) is 2. The predicted molar refractivity (Wildman–Crippen MR) is 95.8 cm³/mol. The van der Waals surface area contributed by atoms with Crippen LogP contribution in [0.15, 0.2) is 17.1 Å². The zero-order chi connectivity index (χ0) is 15.8. The maximum absolute atomic E-state index is 4.30. The molecule has 2 rings (SSSR count). The number of hydrogen-bond donors (Lipinski definition) is 2. The van der Waals surface area contributed by atoms with Gasteiger partial charge in [-0.1, -0.05) is 0 Å². The fourth-order valence-corrected chi connectivity index (χ4v) is 3.46. The van der Waals surface area contributed by atoms with Crippen LogP contribution in [0.1, 0.15) is 16.2 Å². The van der Waals surface area contributed by atoms with Gasteiger partial charge in [0.2, 0.25) is 0 Å². The summed E-state index contributed by atoms with van der Waals surface area (Å²) in [6, 6.07) is 4.34. The van der Waals surface area contributed by atoms with Crippen molar-refractivity contribution in [3.05, 3.63) is 21.9 Å². The van der Waals surface area contributed by atoms with E-state index in [2.05, 4.69) is 51.5 Å². The summed E-state index contributed by atoms with van der Waals surface area (Å²) < 4.78 is 0. The minimum Gasteiger partial charge on any atom is -0.355 e. The van der Waals surface area contributed by atoms with Crippen molar-refractivity contribution in [2.45, 2.75) is 19.9 Å². The van der Waals surface area contributed by atoms with Gasteiger partial charge < -0.3 is 20.4 Å². The van der Waals surface area contributed by atoms with Crippen molar-refractivity contribution >= 4 is 17.3 Å². The smallest absolute Gasteiger partial charge is 0.191 e. The lowest BCUT2D eigenvalue weighted by molar-refractivity contribution is 0.280. The van der Waals surface area contributed by atoms with E-state index in [1.54, 1.807) is 0 Å². The first-order chi connectivity index (χ1) is 10.7. The molecule has 0 atom stereocenters. The van der Waals surface area contributed by atoms with Crippen LogP contribution in [0.3, 0.4) is 0 Å². The number of thiophene rings is 1. The standard InChI is InChI=1S/C16H29N5S/c1-14-5-6-15(22-14)13-19-16(17-2)18-7-10-21-9-4-8-20(3)11-12-21/h5-6H,4,7-13H2,1-3H3,(H2,17,18,19). The van der Waals surface area contributed by atoms with E-state index in [4.69, 9.17) is 0 Å². The fraction of sp³-hybridized carbons (Fsp3) is 0.688. The third-order valence-corrected chi connectivity index (χ3v) is 4.98. The molecule has 1 aliphatic rings. The molecule has 0 aromatic carbocycles. The van der Waals surface area contributed by atoms with Gasteiger partial charge in [0.1, 0.15) is 0 Å². The van der Waals surface area contributed by atoms with Crippen molar-refractivity contribution < 1.29 is 0 Å². The van der Waals surface area contributed by atoms with Crippen molar-refractivity contribution in [1.82, 2.24) is 20.4 Å². The molecular formula is C16H29N5S. The van der Waals surface area contributed by atoms with Gasteiger partial charge in [-0.15, -0.1) is 11.3 Å². The highest BCUT2D eigenvalue weighted by atomic mass is 32.1. The average molecular weight is 324 g/mol. The van der Waals surface area contributed by atoms with Crippen LogP contribution in [0.5, 0.6) is 0 Å². The lowest BCUT2D eigenvalue weighted by Gasteiger charge is -2.21. The molecule has 0 saturated carbocycles. The Morgan fingerprint density at radius 2 is 2.09 bits per heavy atom. The van der Waals surface area contributed by atoms with E-state index in [9.17, 15) is 0 Å². The number of hydrogen-bond acceptors (Lipinski definition) is 4. The van der Waals surface area contributed by atoms with Crippen LogP contribution in [-0.4, -0.2) is 69.1 Å². The Morgan fingerprint density at radius 1 is 1.23 bits per heavy atom. The molecule has 6 heteroatoms. The highest BCUT2D eigenvalue weighted by Gasteiger charge is 2.11. The van der Waals surface area contributed by atoms with E-state index in [0.717, 1.165) is 25.6 Å². The highest BCUT2D eigenvalue weighted by Crippen LogP contribution is 2.14. The summed E-state index contributed by atoms with van der Waals surface area (Å²) in [7, 11) is 4.04. The Morgan fingerprint density at radius 3 is 2.82 bits per heavy atom.